The van der Waals surface area contributed by atoms with Gasteiger partial charge in [-0.1, -0.05) is 19.1 Å². The molecule has 1 aromatic carbocycles. The third kappa shape index (κ3) is 4.03. The Morgan fingerprint density at radius 2 is 2.11 bits per heavy atom. The van der Waals surface area contributed by atoms with Crippen molar-refractivity contribution in [3.63, 3.8) is 0 Å². The monoisotopic (exact) mass is 372 g/mol. The van der Waals surface area contributed by atoms with Gasteiger partial charge >= 0.3 is 0 Å². The Hall–Kier alpha value is -0.460. The highest BCUT2D eigenvalue weighted by molar-refractivity contribution is 14.1. The number of nitrogens with one attached hydrogen (secondary N) is 1. The van der Waals surface area contributed by atoms with Gasteiger partial charge in [0.2, 0.25) is 0 Å². The van der Waals surface area contributed by atoms with Crippen molar-refractivity contribution in [1.29, 1.82) is 0 Å². The molecule has 1 heterocycles. The number of benzene rings is 1. The highest BCUT2D eigenvalue weighted by Crippen LogP contribution is 2.22. The fourth-order valence-corrected chi connectivity index (χ4v) is 2.90. The van der Waals surface area contributed by atoms with Gasteiger partial charge in [-0.15, -0.1) is 11.3 Å². The summed E-state index contributed by atoms with van der Waals surface area (Å²) in [5.41, 5.74) is 3.28. The van der Waals surface area contributed by atoms with Crippen LogP contribution in [-0.2, 0) is 6.42 Å². The lowest BCUT2D eigenvalue weighted by molar-refractivity contribution is 0.536. The summed E-state index contributed by atoms with van der Waals surface area (Å²) in [6.45, 7) is 3.24. The normalized spacial score (nSPS) is 12.6. The van der Waals surface area contributed by atoms with Crippen LogP contribution < -0.4 is 5.32 Å². The average molecular weight is 372 g/mol. The number of hydrogen-bond acceptors (Lipinski definition) is 3. The van der Waals surface area contributed by atoms with Crippen LogP contribution in [0.3, 0.4) is 0 Å². The fraction of sp³-hybridized carbons (Fsp3) is 0.357. The molecule has 2 nitrogen and oxygen atoms in total. The first-order valence-corrected chi connectivity index (χ1v) is 8.11. The molecule has 2 rings (SSSR count). The van der Waals surface area contributed by atoms with Crippen LogP contribution in [0.1, 0.15) is 29.8 Å². The molecule has 0 saturated heterocycles. The molecule has 0 aliphatic heterocycles. The Kier molecular flexibility index (Phi) is 5.59. The predicted molar refractivity (Wildman–Crippen MR) is 86.0 cm³/mol. The highest BCUT2D eigenvalue weighted by atomic mass is 127. The Morgan fingerprint density at radius 3 is 2.72 bits per heavy atom. The van der Waals surface area contributed by atoms with E-state index in [1.54, 1.807) is 11.3 Å². The smallest absolute Gasteiger partial charge is 0.0794 e. The summed E-state index contributed by atoms with van der Waals surface area (Å²) in [6, 6.07) is 9.14. The first-order chi connectivity index (χ1) is 8.79. The topological polar surface area (TPSA) is 24.9 Å². The number of hydrogen-bond donors (Lipinski definition) is 1. The van der Waals surface area contributed by atoms with E-state index in [1.807, 2.05) is 11.7 Å². The lowest BCUT2D eigenvalue weighted by Gasteiger charge is -2.16. The summed E-state index contributed by atoms with van der Waals surface area (Å²) in [5, 5.41) is 3.60. The van der Waals surface area contributed by atoms with Crippen molar-refractivity contribution in [2.24, 2.45) is 0 Å². The van der Waals surface area contributed by atoms with Gasteiger partial charge in [-0.05, 0) is 59.7 Å². The standard InChI is InChI=1S/C14H17IN2S/c1-2-7-17-13(14-9-16-10-18-14)8-11-3-5-12(15)6-4-11/h3-6,9-10,13,17H,2,7-8H2,1H3. The third-order valence-electron chi connectivity index (χ3n) is 2.79. The maximum atomic E-state index is 4.18. The van der Waals surface area contributed by atoms with Gasteiger partial charge in [-0.3, -0.25) is 4.98 Å². The fourth-order valence-electron chi connectivity index (χ4n) is 1.85. The van der Waals surface area contributed by atoms with Crippen LogP contribution >= 0.6 is 33.9 Å². The van der Waals surface area contributed by atoms with Crippen molar-refractivity contribution in [3.05, 3.63) is 50.0 Å². The second-order valence-electron chi connectivity index (χ2n) is 4.24. The van der Waals surface area contributed by atoms with E-state index < -0.39 is 0 Å². The van der Waals surface area contributed by atoms with E-state index in [1.165, 1.54) is 14.0 Å². The van der Waals surface area contributed by atoms with Gasteiger partial charge in [-0.2, -0.15) is 0 Å². The van der Waals surface area contributed by atoms with E-state index in [-0.39, 0.29) is 0 Å². The maximum Gasteiger partial charge on any atom is 0.0794 e. The van der Waals surface area contributed by atoms with Crippen LogP contribution in [0, 0.1) is 3.57 Å². The largest absolute Gasteiger partial charge is 0.309 e. The first-order valence-electron chi connectivity index (χ1n) is 6.16. The lowest BCUT2D eigenvalue weighted by Crippen LogP contribution is -2.23. The average Bonchev–Trinajstić information content (AvgIpc) is 2.90. The second-order valence-corrected chi connectivity index (χ2v) is 6.40. The zero-order valence-electron chi connectivity index (χ0n) is 10.4. The third-order valence-corrected chi connectivity index (χ3v) is 4.40. The van der Waals surface area contributed by atoms with Gasteiger partial charge in [0, 0.05) is 20.7 Å². The van der Waals surface area contributed by atoms with E-state index >= 15 is 0 Å². The van der Waals surface area contributed by atoms with Crippen molar-refractivity contribution in [2.75, 3.05) is 6.54 Å². The minimum atomic E-state index is 0.387. The van der Waals surface area contributed by atoms with Crippen LogP contribution in [-0.4, -0.2) is 11.5 Å². The molecule has 0 amide bonds. The zero-order valence-corrected chi connectivity index (χ0v) is 13.4. The molecule has 1 unspecified atom stereocenters. The molecule has 0 fully saturated rings. The second kappa shape index (κ2) is 7.21. The molecule has 1 atom stereocenters. The molecule has 0 radical (unpaired) electrons. The Balaban J connectivity index is 2.07. The molecule has 18 heavy (non-hydrogen) atoms. The minimum Gasteiger partial charge on any atom is -0.309 e. The van der Waals surface area contributed by atoms with E-state index in [0.29, 0.717) is 6.04 Å². The predicted octanol–water partition coefficient (Wildman–Crippen LogP) is 4.03. The molecule has 1 aromatic heterocycles. The molecule has 0 saturated carbocycles. The quantitative estimate of drug-likeness (QED) is 0.775. The summed E-state index contributed by atoms with van der Waals surface area (Å²) in [4.78, 5) is 5.51. The van der Waals surface area contributed by atoms with Crippen LogP contribution in [0.15, 0.2) is 36.0 Å². The van der Waals surface area contributed by atoms with E-state index in [4.69, 9.17) is 0 Å². The van der Waals surface area contributed by atoms with Crippen molar-refractivity contribution in [1.82, 2.24) is 10.3 Å². The van der Waals surface area contributed by atoms with Crippen molar-refractivity contribution in [2.45, 2.75) is 25.8 Å². The summed E-state index contributed by atoms with van der Waals surface area (Å²) < 4.78 is 1.28. The van der Waals surface area contributed by atoms with Gasteiger partial charge in [0.15, 0.2) is 0 Å². The van der Waals surface area contributed by atoms with Gasteiger partial charge in [0.1, 0.15) is 0 Å². The zero-order chi connectivity index (χ0) is 12.8. The molecule has 96 valence electrons. The summed E-state index contributed by atoms with van der Waals surface area (Å²) in [5.74, 6) is 0. The Bertz CT molecular complexity index is 453. The number of halogens is 1. The number of aromatic nitrogens is 1. The van der Waals surface area contributed by atoms with Crippen LogP contribution in [0.5, 0.6) is 0 Å². The molecular weight excluding hydrogens is 355 g/mol. The SMILES string of the molecule is CCCNC(Cc1ccc(I)cc1)c1cncs1. The molecule has 0 aliphatic carbocycles. The van der Waals surface area contributed by atoms with Crippen LogP contribution in [0.4, 0.5) is 0 Å². The Labute approximate surface area is 126 Å². The van der Waals surface area contributed by atoms with Gasteiger partial charge in [0.25, 0.3) is 0 Å². The van der Waals surface area contributed by atoms with E-state index in [9.17, 15) is 0 Å². The van der Waals surface area contributed by atoms with E-state index in [2.05, 4.69) is 64.1 Å². The van der Waals surface area contributed by atoms with Crippen molar-refractivity contribution >= 4 is 33.9 Å². The molecule has 0 aliphatic rings. The maximum absolute atomic E-state index is 4.18. The van der Waals surface area contributed by atoms with E-state index in [0.717, 1.165) is 19.4 Å². The van der Waals surface area contributed by atoms with Crippen molar-refractivity contribution < 1.29 is 0 Å². The summed E-state index contributed by atoms with van der Waals surface area (Å²) in [7, 11) is 0. The number of rotatable bonds is 6. The molecule has 4 heteroatoms. The number of nitrogens with zero attached hydrogens (tertiary/aromatic N) is 1. The molecule has 0 bridgehead atoms. The first kappa shape index (κ1) is 14.0. The minimum absolute atomic E-state index is 0.387. The Morgan fingerprint density at radius 1 is 1.33 bits per heavy atom. The summed E-state index contributed by atoms with van der Waals surface area (Å²) >= 11 is 4.07. The molecular formula is C14H17IN2S. The van der Waals surface area contributed by atoms with Gasteiger partial charge in [0.05, 0.1) is 5.51 Å². The molecule has 0 spiro atoms. The van der Waals surface area contributed by atoms with Crippen LogP contribution in [0.25, 0.3) is 0 Å². The molecule has 2 aromatic rings. The number of thiazole rings is 1. The van der Waals surface area contributed by atoms with Crippen LogP contribution in [0.2, 0.25) is 0 Å². The summed E-state index contributed by atoms with van der Waals surface area (Å²) in [6.07, 6.45) is 4.16. The molecule has 1 N–H and O–H groups in total. The van der Waals surface area contributed by atoms with Gasteiger partial charge < -0.3 is 5.32 Å². The van der Waals surface area contributed by atoms with Gasteiger partial charge in [-0.25, -0.2) is 0 Å². The highest BCUT2D eigenvalue weighted by Gasteiger charge is 2.12. The lowest BCUT2D eigenvalue weighted by atomic mass is 10.1. The van der Waals surface area contributed by atoms with Crippen molar-refractivity contribution in [3.8, 4) is 0 Å².